The van der Waals surface area contributed by atoms with Gasteiger partial charge in [-0.15, -0.1) is 0 Å². The number of carbonyl (C=O) groups excluding carboxylic acids is 1. The Morgan fingerprint density at radius 2 is 2.20 bits per heavy atom. The first-order valence-corrected chi connectivity index (χ1v) is 4.73. The van der Waals surface area contributed by atoms with E-state index in [0.717, 1.165) is 0 Å². The van der Waals surface area contributed by atoms with Gasteiger partial charge < -0.3 is 16.2 Å². The molecular formula is C10H15N3O2. The summed E-state index contributed by atoms with van der Waals surface area (Å²) in [6.45, 7) is 1.84. The summed E-state index contributed by atoms with van der Waals surface area (Å²) >= 11 is 0. The van der Waals surface area contributed by atoms with Crippen LogP contribution in [0.4, 0.5) is 0 Å². The fourth-order valence-corrected chi connectivity index (χ4v) is 0.986. The maximum atomic E-state index is 11.5. The Morgan fingerprint density at radius 3 is 2.73 bits per heavy atom. The van der Waals surface area contributed by atoms with Gasteiger partial charge in [0.15, 0.2) is 0 Å². The number of pyridine rings is 1. The number of aliphatic hydroxyl groups excluding tert-OH is 1. The molecule has 82 valence electrons. The van der Waals surface area contributed by atoms with Crippen LogP contribution in [0.2, 0.25) is 0 Å². The van der Waals surface area contributed by atoms with Crippen molar-refractivity contribution in [2.24, 2.45) is 5.73 Å². The number of hydrogen-bond donors (Lipinski definition) is 3. The van der Waals surface area contributed by atoms with Crippen molar-refractivity contribution < 1.29 is 9.90 Å². The molecule has 1 aromatic heterocycles. The second-order valence-corrected chi connectivity index (χ2v) is 3.35. The summed E-state index contributed by atoms with van der Waals surface area (Å²) in [6.07, 6.45) is 2.45. The Labute approximate surface area is 88.3 Å². The van der Waals surface area contributed by atoms with Crippen molar-refractivity contribution >= 4 is 5.91 Å². The second kappa shape index (κ2) is 5.43. The molecule has 0 saturated carbocycles. The average molecular weight is 209 g/mol. The van der Waals surface area contributed by atoms with E-state index in [4.69, 9.17) is 10.8 Å². The lowest BCUT2D eigenvalue weighted by Crippen LogP contribution is -2.43. The number of aliphatic hydroxyl groups is 1. The summed E-state index contributed by atoms with van der Waals surface area (Å²) in [6, 6.07) is 2.78. The van der Waals surface area contributed by atoms with Crippen LogP contribution in [0.1, 0.15) is 17.3 Å². The van der Waals surface area contributed by atoms with Gasteiger partial charge in [0.05, 0.1) is 6.10 Å². The van der Waals surface area contributed by atoms with Crippen molar-refractivity contribution in [2.45, 2.75) is 19.1 Å². The number of aromatic nitrogens is 1. The average Bonchev–Trinajstić information content (AvgIpc) is 2.26. The third kappa shape index (κ3) is 3.65. The largest absolute Gasteiger partial charge is 0.392 e. The third-order valence-electron chi connectivity index (χ3n) is 2.06. The zero-order valence-electron chi connectivity index (χ0n) is 8.55. The topological polar surface area (TPSA) is 88.2 Å². The monoisotopic (exact) mass is 209 g/mol. The molecule has 0 fully saturated rings. The summed E-state index contributed by atoms with van der Waals surface area (Å²) in [4.78, 5) is 15.3. The summed E-state index contributed by atoms with van der Waals surface area (Å²) in [5, 5.41) is 11.7. The molecule has 0 aliphatic rings. The fraction of sp³-hybridized carbons (Fsp3) is 0.400. The van der Waals surface area contributed by atoms with Gasteiger partial charge in [-0.1, -0.05) is 0 Å². The Kier molecular flexibility index (Phi) is 4.20. The van der Waals surface area contributed by atoms with Crippen LogP contribution >= 0.6 is 0 Å². The van der Waals surface area contributed by atoms with E-state index in [2.05, 4.69) is 10.3 Å². The minimum Gasteiger partial charge on any atom is -0.392 e. The lowest BCUT2D eigenvalue weighted by Gasteiger charge is -2.15. The van der Waals surface area contributed by atoms with Crippen LogP contribution in [-0.2, 0) is 0 Å². The van der Waals surface area contributed by atoms with E-state index in [9.17, 15) is 4.79 Å². The smallest absolute Gasteiger partial charge is 0.251 e. The molecule has 0 spiro atoms. The molecule has 0 saturated heterocycles. The van der Waals surface area contributed by atoms with Crippen molar-refractivity contribution in [3.63, 3.8) is 0 Å². The maximum Gasteiger partial charge on any atom is 0.251 e. The van der Waals surface area contributed by atoms with Gasteiger partial charge in [0.1, 0.15) is 0 Å². The molecule has 2 unspecified atom stereocenters. The van der Waals surface area contributed by atoms with Crippen LogP contribution in [-0.4, -0.2) is 34.7 Å². The first-order valence-electron chi connectivity index (χ1n) is 4.73. The van der Waals surface area contributed by atoms with Crippen LogP contribution in [0.5, 0.6) is 0 Å². The molecule has 4 N–H and O–H groups in total. The quantitative estimate of drug-likeness (QED) is 0.625. The van der Waals surface area contributed by atoms with Gasteiger partial charge in [-0.3, -0.25) is 9.78 Å². The molecule has 1 amide bonds. The summed E-state index contributed by atoms with van der Waals surface area (Å²) in [5.41, 5.74) is 6.10. The normalized spacial score (nSPS) is 14.3. The molecule has 1 heterocycles. The minimum absolute atomic E-state index is 0.214. The zero-order valence-corrected chi connectivity index (χ0v) is 8.55. The van der Waals surface area contributed by atoms with E-state index in [1.54, 1.807) is 31.5 Å². The predicted octanol–water partition coefficient (Wildman–Crippen LogP) is -0.480. The van der Waals surface area contributed by atoms with Gasteiger partial charge in [-0.2, -0.15) is 0 Å². The summed E-state index contributed by atoms with van der Waals surface area (Å²) in [5.74, 6) is -0.214. The fourth-order valence-electron chi connectivity index (χ4n) is 0.986. The lowest BCUT2D eigenvalue weighted by molar-refractivity contribution is 0.0937. The molecule has 5 nitrogen and oxygen atoms in total. The lowest BCUT2D eigenvalue weighted by atomic mass is 10.2. The molecule has 0 aliphatic carbocycles. The second-order valence-electron chi connectivity index (χ2n) is 3.35. The number of rotatable bonds is 4. The van der Waals surface area contributed by atoms with E-state index in [-0.39, 0.29) is 12.5 Å². The molecule has 0 aliphatic heterocycles. The highest BCUT2D eigenvalue weighted by Gasteiger charge is 2.11. The number of carbonyl (C=O) groups is 1. The molecule has 0 aromatic carbocycles. The van der Waals surface area contributed by atoms with E-state index in [1.807, 2.05) is 0 Å². The molecule has 1 aromatic rings. The minimum atomic E-state index is -0.636. The number of nitrogens with two attached hydrogens (primary N) is 1. The zero-order chi connectivity index (χ0) is 11.3. The van der Waals surface area contributed by atoms with Gasteiger partial charge in [0.2, 0.25) is 0 Å². The van der Waals surface area contributed by atoms with Crippen molar-refractivity contribution in [1.82, 2.24) is 10.3 Å². The Morgan fingerprint density at radius 1 is 1.60 bits per heavy atom. The van der Waals surface area contributed by atoms with E-state index < -0.39 is 12.1 Å². The van der Waals surface area contributed by atoms with E-state index >= 15 is 0 Å². The molecule has 2 atom stereocenters. The van der Waals surface area contributed by atoms with Crippen LogP contribution in [0.15, 0.2) is 24.5 Å². The standard InChI is InChI=1S/C10H15N3O2/c1-7(14)9(11)6-13-10(15)8-2-4-12-5-3-8/h2-5,7,9,14H,6,11H2,1H3,(H,13,15). The Hall–Kier alpha value is -1.46. The maximum absolute atomic E-state index is 11.5. The Bertz CT molecular complexity index is 314. The molecule has 15 heavy (non-hydrogen) atoms. The molecule has 1 rings (SSSR count). The van der Waals surface area contributed by atoms with Crippen LogP contribution in [0, 0.1) is 0 Å². The van der Waals surface area contributed by atoms with Gasteiger partial charge in [-0.25, -0.2) is 0 Å². The SMILES string of the molecule is CC(O)C(N)CNC(=O)c1ccncc1. The number of hydrogen-bond acceptors (Lipinski definition) is 4. The Balaban J connectivity index is 2.44. The number of nitrogens with zero attached hydrogens (tertiary/aromatic N) is 1. The van der Waals surface area contributed by atoms with Crippen molar-refractivity contribution in [3.8, 4) is 0 Å². The van der Waals surface area contributed by atoms with Gasteiger partial charge in [0.25, 0.3) is 5.91 Å². The van der Waals surface area contributed by atoms with Crippen LogP contribution in [0.3, 0.4) is 0 Å². The molecule has 5 heteroatoms. The summed E-state index contributed by atoms with van der Waals surface area (Å²) < 4.78 is 0. The van der Waals surface area contributed by atoms with Crippen molar-refractivity contribution in [1.29, 1.82) is 0 Å². The van der Waals surface area contributed by atoms with E-state index in [0.29, 0.717) is 5.56 Å². The van der Waals surface area contributed by atoms with E-state index in [1.165, 1.54) is 0 Å². The highest BCUT2D eigenvalue weighted by molar-refractivity contribution is 5.93. The molecule has 0 radical (unpaired) electrons. The number of amides is 1. The number of nitrogens with one attached hydrogen (secondary N) is 1. The highest BCUT2D eigenvalue weighted by Crippen LogP contribution is 1.95. The highest BCUT2D eigenvalue weighted by atomic mass is 16.3. The van der Waals surface area contributed by atoms with Gasteiger partial charge in [-0.05, 0) is 19.1 Å². The van der Waals surface area contributed by atoms with Gasteiger partial charge >= 0.3 is 0 Å². The first-order chi connectivity index (χ1) is 7.11. The third-order valence-corrected chi connectivity index (χ3v) is 2.06. The van der Waals surface area contributed by atoms with Crippen molar-refractivity contribution in [3.05, 3.63) is 30.1 Å². The molecule has 0 bridgehead atoms. The molecular weight excluding hydrogens is 194 g/mol. The van der Waals surface area contributed by atoms with Crippen LogP contribution in [0.25, 0.3) is 0 Å². The first kappa shape index (κ1) is 11.6. The van der Waals surface area contributed by atoms with Crippen molar-refractivity contribution in [2.75, 3.05) is 6.54 Å². The predicted molar refractivity (Wildman–Crippen MR) is 56.2 cm³/mol. The van der Waals surface area contributed by atoms with Crippen LogP contribution < -0.4 is 11.1 Å². The summed E-state index contributed by atoms with van der Waals surface area (Å²) in [7, 11) is 0. The van der Waals surface area contributed by atoms with Gasteiger partial charge in [0, 0.05) is 30.5 Å².